The minimum Gasteiger partial charge on any atom is -0.298 e. The van der Waals surface area contributed by atoms with Crippen molar-refractivity contribution >= 4 is 34.4 Å². The predicted octanol–water partition coefficient (Wildman–Crippen LogP) is 5.75. The molecule has 0 bridgehead atoms. The van der Waals surface area contributed by atoms with Gasteiger partial charge in [0.15, 0.2) is 11.0 Å². The summed E-state index contributed by atoms with van der Waals surface area (Å²) < 4.78 is 16.0. The molecule has 0 atom stereocenters. The average Bonchev–Trinajstić information content (AvgIpc) is 3.42. The van der Waals surface area contributed by atoms with Crippen molar-refractivity contribution in [3.63, 3.8) is 0 Å². The van der Waals surface area contributed by atoms with Gasteiger partial charge in [-0.1, -0.05) is 36.0 Å². The van der Waals surface area contributed by atoms with Gasteiger partial charge in [0.2, 0.25) is 0 Å². The van der Waals surface area contributed by atoms with Crippen LogP contribution in [0.2, 0.25) is 0 Å². The van der Waals surface area contributed by atoms with Gasteiger partial charge >= 0.3 is 0 Å². The topological polar surface area (TPSA) is 43.6 Å². The number of rotatable bonds is 7. The quantitative estimate of drug-likeness (QED) is 0.285. The zero-order valence-electron chi connectivity index (χ0n) is 14.2. The molecule has 136 valence electrons. The Morgan fingerprint density at radius 1 is 1.15 bits per heavy atom. The predicted molar refractivity (Wildman–Crippen MR) is 111 cm³/mol. The minimum absolute atomic E-state index is 0.313. The van der Waals surface area contributed by atoms with Crippen LogP contribution < -0.4 is 0 Å². The molecule has 0 amide bonds. The van der Waals surface area contributed by atoms with Crippen molar-refractivity contribution in [3.05, 3.63) is 71.3 Å². The van der Waals surface area contributed by atoms with E-state index < -0.39 is 0 Å². The van der Waals surface area contributed by atoms with Crippen LogP contribution in [0, 0.1) is 5.82 Å². The van der Waals surface area contributed by atoms with E-state index in [-0.39, 0.29) is 5.82 Å². The highest BCUT2D eigenvalue weighted by molar-refractivity contribution is 7.98. The van der Waals surface area contributed by atoms with E-state index in [0.29, 0.717) is 23.7 Å². The van der Waals surface area contributed by atoms with Crippen LogP contribution in [-0.2, 0) is 12.3 Å². The monoisotopic (exact) mass is 414 g/mol. The van der Waals surface area contributed by atoms with Crippen LogP contribution in [0.5, 0.6) is 0 Å². The molecule has 3 heterocycles. The van der Waals surface area contributed by atoms with Crippen LogP contribution >= 0.6 is 34.4 Å². The van der Waals surface area contributed by atoms with Gasteiger partial charge in [-0.2, -0.15) is 0 Å². The van der Waals surface area contributed by atoms with Crippen LogP contribution in [0.4, 0.5) is 4.39 Å². The Hall–Kier alpha value is -2.29. The molecule has 0 saturated heterocycles. The lowest BCUT2D eigenvalue weighted by molar-refractivity contribution is 0.626. The van der Waals surface area contributed by atoms with Gasteiger partial charge in [0.1, 0.15) is 10.8 Å². The number of hydrogen-bond acceptors (Lipinski definition) is 6. The summed E-state index contributed by atoms with van der Waals surface area (Å²) in [6, 6.07) is 10.7. The van der Waals surface area contributed by atoms with Crippen LogP contribution in [0.15, 0.2) is 65.0 Å². The summed E-state index contributed by atoms with van der Waals surface area (Å²) in [6.45, 7) is 4.31. The van der Waals surface area contributed by atoms with E-state index in [1.54, 1.807) is 46.9 Å². The maximum Gasteiger partial charge on any atom is 0.192 e. The van der Waals surface area contributed by atoms with Crippen molar-refractivity contribution in [1.82, 2.24) is 19.7 Å². The maximum atomic E-state index is 14.2. The standard InChI is InChI=1S/C19H15FN4S3/c1-2-9-24-17(14-6-3-4-7-15(14)20)22-23-19(24)27-12-13-11-26-18(21-13)16-8-5-10-25-16/h2-8,10-11H,1,9,12H2. The first-order chi connectivity index (χ1) is 13.3. The molecular weight excluding hydrogens is 399 g/mol. The second-order valence-electron chi connectivity index (χ2n) is 5.60. The Morgan fingerprint density at radius 2 is 2.04 bits per heavy atom. The highest BCUT2D eigenvalue weighted by atomic mass is 32.2. The van der Waals surface area contributed by atoms with Crippen molar-refractivity contribution in [2.75, 3.05) is 0 Å². The summed E-state index contributed by atoms with van der Waals surface area (Å²) in [4.78, 5) is 5.87. The molecule has 0 saturated carbocycles. The highest BCUT2D eigenvalue weighted by Gasteiger charge is 2.17. The van der Waals surface area contributed by atoms with E-state index >= 15 is 0 Å². The lowest BCUT2D eigenvalue weighted by Crippen LogP contribution is -2.01. The lowest BCUT2D eigenvalue weighted by atomic mass is 10.2. The fraction of sp³-hybridized carbons (Fsp3) is 0.105. The Morgan fingerprint density at radius 3 is 2.81 bits per heavy atom. The first kappa shape index (κ1) is 18.1. The van der Waals surface area contributed by atoms with E-state index in [0.717, 1.165) is 15.9 Å². The SMILES string of the molecule is C=CCn1c(SCc2csc(-c3cccs3)n2)nnc1-c1ccccc1F. The summed E-state index contributed by atoms with van der Waals surface area (Å²) in [7, 11) is 0. The Labute approximate surface area is 168 Å². The first-order valence-corrected chi connectivity index (χ1v) is 10.9. The molecule has 0 N–H and O–H groups in total. The van der Waals surface area contributed by atoms with Gasteiger partial charge in [-0.25, -0.2) is 9.37 Å². The zero-order valence-corrected chi connectivity index (χ0v) is 16.7. The number of thiazole rings is 1. The smallest absolute Gasteiger partial charge is 0.192 e. The molecule has 0 aliphatic carbocycles. The second kappa shape index (κ2) is 8.16. The molecule has 0 radical (unpaired) electrons. The number of hydrogen-bond donors (Lipinski definition) is 0. The number of thioether (sulfide) groups is 1. The Kier molecular flexibility index (Phi) is 5.47. The lowest BCUT2D eigenvalue weighted by Gasteiger charge is -2.07. The Balaban J connectivity index is 1.56. The molecule has 0 unspecified atom stereocenters. The molecule has 4 rings (SSSR count). The number of nitrogens with zero attached hydrogens (tertiary/aromatic N) is 4. The number of thiophene rings is 1. The molecular formula is C19H15FN4S3. The van der Waals surface area contributed by atoms with Gasteiger partial charge in [0.25, 0.3) is 0 Å². The molecule has 1 aromatic carbocycles. The van der Waals surface area contributed by atoms with Crippen LogP contribution in [0.25, 0.3) is 21.3 Å². The Bertz CT molecular complexity index is 1050. The summed E-state index contributed by atoms with van der Waals surface area (Å²) in [5, 5.41) is 14.3. The molecule has 0 aliphatic rings. The van der Waals surface area contributed by atoms with Crippen molar-refractivity contribution in [2.45, 2.75) is 17.5 Å². The van der Waals surface area contributed by atoms with Crippen molar-refractivity contribution < 1.29 is 4.39 Å². The molecule has 0 spiro atoms. The van der Waals surface area contributed by atoms with E-state index in [2.05, 4.69) is 28.2 Å². The first-order valence-electron chi connectivity index (χ1n) is 8.16. The molecule has 4 nitrogen and oxygen atoms in total. The van der Waals surface area contributed by atoms with Crippen molar-refractivity contribution in [2.24, 2.45) is 0 Å². The second-order valence-corrected chi connectivity index (χ2v) is 8.34. The third kappa shape index (κ3) is 3.87. The summed E-state index contributed by atoms with van der Waals surface area (Å²) in [6.07, 6.45) is 1.76. The average molecular weight is 415 g/mol. The van der Waals surface area contributed by atoms with E-state index in [1.165, 1.54) is 22.7 Å². The van der Waals surface area contributed by atoms with Gasteiger partial charge in [-0.15, -0.1) is 39.4 Å². The number of benzene rings is 1. The maximum absolute atomic E-state index is 14.2. The van der Waals surface area contributed by atoms with Crippen molar-refractivity contribution in [1.29, 1.82) is 0 Å². The summed E-state index contributed by atoms with van der Waals surface area (Å²) in [5.74, 6) is 0.869. The number of allylic oxidation sites excluding steroid dienone is 1. The molecule has 0 fully saturated rings. The molecule has 0 aliphatic heterocycles. The van der Waals surface area contributed by atoms with Gasteiger partial charge < -0.3 is 0 Å². The fourth-order valence-corrected chi connectivity index (χ4v) is 5.14. The summed E-state index contributed by atoms with van der Waals surface area (Å²) in [5.41, 5.74) is 1.43. The highest BCUT2D eigenvalue weighted by Crippen LogP contribution is 2.31. The van der Waals surface area contributed by atoms with Crippen LogP contribution in [0.1, 0.15) is 5.69 Å². The third-order valence-corrected chi connectivity index (χ3v) is 6.71. The third-order valence-electron chi connectivity index (χ3n) is 3.78. The van der Waals surface area contributed by atoms with E-state index in [4.69, 9.17) is 4.98 Å². The van der Waals surface area contributed by atoms with Gasteiger partial charge in [0.05, 0.1) is 16.1 Å². The molecule has 4 aromatic rings. The minimum atomic E-state index is -0.313. The molecule has 27 heavy (non-hydrogen) atoms. The number of halogens is 1. The van der Waals surface area contributed by atoms with Gasteiger partial charge in [0, 0.05) is 17.7 Å². The molecule has 8 heteroatoms. The zero-order chi connectivity index (χ0) is 18.6. The van der Waals surface area contributed by atoms with E-state index in [1.807, 2.05) is 16.0 Å². The van der Waals surface area contributed by atoms with Crippen LogP contribution in [0.3, 0.4) is 0 Å². The van der Waals surface area contributed by atoms with Gasteiger partial charge in [-0.05, 0) is 23.6 Å². The number of aromatic nitrogens is 4. The molecule has 3 aromatic heterocycles. The van der Waals surface area contributed by atoms with Crippen LogP contribution in [-0.4, -0.2) is 19.7 Å². The summed E-state index contributed by atoms with van der Waals surface area (Å²) >= 11 is 4.86. The van der Waals surface area contributed by atoms with Gasteiger partial charge in [-0.3, -0.25) is 4.57 Å². The normalized spacial score (nSPS) is 11.0. The largest absolute Gasteiger partial charge is 0.298 e. The van der Waals surface area contributed by atoms with E-state index in [9.17, 15) is 4.39 Å². The fourth-order valence-electron chi connectivity index (χ4n) is 2.56. The van der Waals surface area contributed by atoms with Crippen molar-refractivity contribution in [3.8, 4) is 21.3 Å².